The summed E-state index contributed by atoms with van der Waals surface area (Å²) in [7, 11) is 1.35. The lowest BCUT2D eigenvalue weighted by Gasteiger charge is -2.01. The van der Waals surface area contributed by atoms with Crippen LogP contribution in [-0.4, -0.2) is 22.5 Å². The van der Waals surface area contributed by atoms with Crippen molar-refractivity contribution in [3.8, 4) is 0 Å². The summed E-state index contributed by atoms with van der Waals surface area (Å²) in [5.74, 6) is 0.314. The second kappa shape index (κ2) is 3.61. The molecule has 0 unspecified atom stereocenters. The molecule has 0 bridgehead atoms. The van der Waals surface area contributed by atoms with Crippen molar-refractivity contribution in [2.24, 2.45) is 0 Å². The van der Waals surface area contributed by atoms with Crippen LogP contribution in [0.15, 0.2) is 24.5 Å². The largest absolute Gasteiger partial charge is 0.469 e. The molecule has 0 fully saturated rings. The van der Waals surface area contributed by atoms with Crippen molar-refractivity contribution in [1.29, 1.82) is 0 Å². The minimum atomic E-state index is -0.315. The summed E-state index contributed by atoms with van der Waals surface area (Å²) in [5.41, 5.74) is 7.19. The van der Waals surface area contributed by atoms with Crippen molar-refractivity contribution in [2.45, 2.75) is 6.42 Å². The number of imidazole rings is 1. The molecule has 2 N–H and O–H groups in total. The maximum absolute atomic E-state index is 11.1. The standard InChI is InChI=1S/C10H11N3O2/c1-15-10(14)4-9-12-5-8-3-2-7(11)6-13(8)9/h2-3,5-6H,4,11H2,1H3. The first-order valence-corrected chi connectivity index (χ1v) is 4.49. The Morgan fingerprint density at radius 1 is 1.60 bits per heavy atom. The van der Waals surface area contributed by atoms with E-state index in [1.54, 1.807) is 22.9 Å². The number of hydrogen-bond acceptors (Lipinski definition) is 4. The van der Waals surface area contributed by atoms with Crippen LogP contribution in [0.25, 0.3) is 5.52 Å². The number of ether oxygens (including phenoxy) is 1. The first-order chi connectivity index (χ1) is 7.20. The van der Waals surface area contributed by atoms with Crippen LogP contribution in [0.4, 0.5) is 5.69 Å². The molecule has 0 saturated carbocycles. The molecule has 0 aliphatic rings. The lowest BCUT2D eigenvalue weighted by molar-refractivity contribution is -0.139. The molecule has 0 aromatic carbocycles. The summed E-state index contributed by atoms with van der Waals surface area (Å²) in [4.78, 5) is 15.2. The molecule has 5 heteroatoms. The van der Waals surface area contributed by atoms with Crippen molar-refractivity contribution in [2.75, 3.05) is 12.8 Å². The molecule has 2 heterocycles. The summed E-state index contributed by atoms with van der Waals surface area (Å²) >= 11 is 0. The Balaban J connectivity index is 2.43. The number of nitrogen functional groups attached to an aromatic ring is 1. The van der Waals surface area contributed by atoms with Crippen LogP contribution in [-0.2, 0) is 16.0 Å². The van der Waals surface area contributed by atoms with Gasteiger partial charge in [-0.3, -0.25) is 4.79 Å². The van der Waals surface area contributed by atoms with Crippen LogP contribution in [0, 0.1) is 0 Å². The number of nitrogens with two attached hydrogens (primary N) is 1. The first-order valence-electron chi connectivity index (χ1n) is 4.49. The van der Waals surface area contributed by atoms with Gasteiger partial charge in [0, 0.05) is 11.9 Å². The van der Waals surface area contributed by atoms with E-state index in [0.717, 1.165) is 5.52 Å². The topological polar surface area (TPSA) is 69.6 Å². The Labute approximate surface area is 86.5 Å². The molecule has 2 aromatic heterocycles. The van der Waals surface area contributed by atoms with Gasteiger partial charge in [0.05, 0.1) is 18.8 Å². The Kier molecular flexibility index (Phi) is 2.29. The average molecular weight is 205 g/mol. The maximum Gasteiger partial charge on any atom is 0.313 e. The number of fused-ring (bicyclic) bond motifs is 1. The number of anilines is 1. The third-order valence-electron chi connectivity index (χ3n) is 2.16. The van der Waals surface area contributed by atoms with E-state index in [1.807, 2.05) is 6.07 Å². The number of esters is 1. The molecule has 78 valence electrons. The van der Waals surface area contributed by atoms with E-state index in [-0.39, 0.29) is 12.4 Å². The molecule has 0 aliphatic carbocycles. The zero-order chi connectivity index (χ0) is 10.8. The van der Waals surface area contributed by atoms with E-state index >= 15 is 0 Å². The van der Waals surface area contributed by atoms with Gasteiger partial charge in [0.25, 0.3) is 0 Å². The molecular weight excluding hydrogens is 194 g/mol. The van der Waals surface area contributed by atoms with Crippen LogP contribution < -0.4 is 5.73 Å². The molecular formula is C10H11N3O2. The molecule has 0 saturated heterocycles. The van der Waals surface area contributed by atoms with Crippen LogP contribution in [0.3, 0.4) is 0 Å². The van der Waals surface area contributed by atoms with Crippen LogP contribution >= 0.6 is 0 Å². The predicted octanol–water partition coefficient (Wildman–Crippen LogP) is 0.632. The monoisotopic (exact) mass is 205 g/mol. The summed E-state index contributed by atoms with van der Waals surface area (Å²) in [6.07, 6.45) is 3.58. The summed E-state index contributed by atoms with van der Waals surface area (Å²) in [6.45, 7) is 0. The van der Waals surface area contributed by atoms with Crippen molar-refractivity contribution in [3.05, 3.63) is 30.4 Å². The van der Waals surface area contributed by atoms with E-state index in [1.165, 1.54) is 7.11 Å². The first kappa shape index (κ1) is 9.51. The highest BCUT2D eigenvalue weighted by atomic mass is 16.5. The third kappa shape index (κ3) is 1.76. The minimum absolute atomic E-state index is 0.147. The van der Waals surface area contributed by atoms with Crippen LogP contribution in [0.2, 0.25) is 0 Å². The van der Waals surface area contributed by atoms with Gasteiger partial charge in [0.1, 0.15) is 12.2 Å². The second-order valence-electron chi connectivity index (χ2n) is 3.18. The van der Waals surface area contributed by atoms with Crippen molar-refractivity contribution < 1.29 is 9.53 Å². The number of nitrogens with zero attached hydrogens (tertiary/aromatic N) is 2. The fourth-order valence-corrected chi connectivity index (χ4v) is 1.39. The summed E-state index contributed by atoms with van der Waals surface area (Å²) in [6, 6.07) is 3.64. The quantitative estimate of drug-likeness (QED) is 0.730. The van der Waals surface area contributed by atoms with E-state index in [0.29, 0.717) is 11.5 Å². The van der Waals surface area contributed by atoms with Gasteiger partial charge in [-0.1, -0.05) is 0 Å². The second-order valence-corrected chi connectivity index (χ2v) is 3.18. The smallest absolute Gasteiger partial charge is 0.313 e. The fourth-order valence-electron chi connectivity index (χ4n) is 1.39. The maximum atomic E-state index is 11.1. The van der Waals surface area contributed by atoms with E-state index in [2.05, 4.69) is 9.72 Å². The van der Waals surface area contributed by atoms with Crippen LogP contribution in [0.5, 0.6) is 0 Å². The van der Waals surface area contributed by atoms with Gasteiger partial charge in [-0.2, -0.15) is 0 Å². The number of carbonyl (C=O) groups excluding carboxylic acids is 1. The number of rotatable bonds is 2. The zero-order valence-electron chi connectivity index (χ0n) is 8.30. The Bertz CT molecular complexity index is 504. The highest BCUT2D eigenvalue weighted by molar-refractivity contribution is 5.72. The molecule has 5 nitrogen and oxygen atoms in total. The third-order valence-corrected chi connectivity index (χ3v) is 2.16. The average Bonchev–Trinajstić information content (AvgIpc) is 2.61. The SMILES string of the molecule is COC(=O)Cc1ncc2ccc(N)cn12. The zero-order valence-corrected chi connectivity index (χ0v) is 8.30. The van der Waals surface area contributed by atoms with Gasteiger partial charge in [0.2, 0.25) is 0 Å². The van der Waals surface area contributed by atoms with E-state index in [4.69, 9.17) is 5.73 Å². The van der Waals surface area contributed by atoms with Crippen molar-refractivity contribution in [3.63, 3.8) is 0 Å². The molecule has 0 atom stereocenters. The van der Waals surface area contributed by atoms with Gasteiger partial charge < -0.3 is 14.9 Å². The molecule has 0 radical (unpaired) electrons. The number of methoxy groups -OCH3 is 1. The molecule has 2 rings (SSSR count). The number of hydrogen-bond donors (Lipinski definition) is 1. The molecule has 0 aliphatic heterocycles. The molecule has 2 aromatic rings. The number of carbonyl (C=O) groups is 1. The minimum Gasteiger partial charge on any atom is -0.469 e. The van der Waals surface area contributed by atoms with E-state index < -0.39 is 0 Å². The van der Waals surface area contributed by atoms with Crippen LogP contribution in [0.1, 0.15) is 5.82 Å². The molecule has 15 heavy (non-hydrogen) atoms. The summed E-state index contributed by atoms with van der Waals surface area (Å²) in [5, 5.41) is 0. The Hall–Kier alpha value is -2.04. The van der Waals surface area contributed by atoms with Gasteiger partial charge >= 0.3 is 5.97 Å². The van der Waals surface area contributed by atoms with E-state index in [9.17, 15) is 4.79 Å². The van der Waals surface area contributed by atoms with Gasteiger partial charge in [-0.25, -0.2) is 4.98 Å². The summed E-state index contributed by atoms with van der Waals surface area (Å²) < 4.78 is 6.36. The van der Waals surface area contributed by atoms with Gasteiger partial charge in [-0.15, -0.1) is 0 Å². The van der Waals surface area contributed by atoms with Gasteiger partial charge in [-0.05, 0) is 12.1 Å². The number of pyridine rings is 1. The Morgan fingerprint density at radius 3 is 3.13 bits per heavy atom. The highest BCUT2D eigenvalue weighted by Gasteiger charge is 2.08. The van der Waals surface area contributed by atoms with Crippen molar-refractivity contribution >= 4 is 17.2 Å². The predicted molar refractivity (Wildman–Crippen MR) is 55.3 cm³/mol. The fraction of sp³-hybridized carbons (Fsp3) is 0.200. The molecule has 0 spiro atoms. The van der Waals surface area contributed by atoms with Gasteiger partial charge in [0.15, 0.2) is 0 Å². The Morgan fingerprint density at radius 2 is 2.40 bits per heavy atom. The lowest BCUT2D eigenvalue weighted by Crippen LogP contribution is -2.08. The van der Waals surface area contributed by atoms with Crippen molar-refractivity contribution in [1.82, 2.24) is 9.38 Å². The lowest BCUT2D eigenvalue weighted by atomic mass is 10.3. The highest BCUT2D eigenvalue weighted by Crippen LogP contribution is 2.11. The number of aromatic nitrogens is 2. The molecule has 0 amide bonds. The normalized spacial score (nSPS) is 10.5.